The van der Waals surface area contributed by atoms with Crippen LogP contribution in [0.1, 0.15) is 434 Å². The minimum Gasteiger partial charge on any atom is -0.462 e. The lowest BCUT2D eigenvalue weighted by atomic mass is 9.99. The standard InChI is InChI=1S/C87H166O17P2/c1-8-10-11-12-13-14-15-16-23-31-36-41-48-56-63-70-86(91)103-82(74-97-84(89)68-61-54-47-40-35-30-26-20-18-17-19-25-29-34-39-46-53-60-67-80(7)9-2)76-101-105(93,94)99-72-81(88)73-100-106(95,96)102-77-83(75-98-85(90)69-62-55-50-43-45-52-59-66-79(5)6)104-87(92)71-64-57-49-42-37-32-27-22-21-24-28-33-38-44-51-58-65-78(3)4/h14-16,23,78-83,88H,8-13,17-22,24-77H2,1-7H3,(H,93,94)(H,95,96)/b15-14-,23-16-/t80?,81?,82-,83-/m1/s1. The van der Waals surface area contributed by atoms with Crippen LogP contribution in [-0.4, -0.2) is 96.7 Å². The summed E-state index contributed by atoms with van der Waals surface area (Å²) in [5.74, 6) is 0.248. The predicted octanol–water partition coefficient (Wildman–Crippen LogP) is 26.0. The topological polar surface area (TPSA) is 237 Å². The normalized spacial score (nSPS) is 14.3. The van der Waals surface area contributed by atoms with Gasteiger partial charge in [-0.05, 0) is 69.1 Å². The number of rotatable bonds is 83. The van der Waals surface area contributed by atoms with Crippen molar-refractivity contribution in [3.8, 4) is 0 Å². The summed E-state index contributed by atoms with van der Waals surface area (Å²) in [6.07, 6.45) is 70.4. The minimum absolute atomic E-state index is 0.0854. The molecule has 3 N–H and O–H groups in total. The van der Waals surface area contributed by atoms with Gasteiger partial charge in [-0.2, -0.15) is 0 Å². The van der Waals surface area contributed by atoms with Gasteiger partial charge >= 0.3 is 39.5 Å². The summed E-state index contributed by atoms with van der Waals surface area (Å²) in [6.45, 7) is 11.9. The first kappa shape index (κ1) is 104. The molecule has 0 aromatic heterocycles. The summed E-state index contributed by atoms with van der Waals surface area (Å²) < 4.78 is 68.8. The van der Waals surface area contributed by atoms with Gasteiger partial charge in [0.05, 0.1) is 26.4 Å². The number of ether oxygens (including phenoxy) is 4. The highest BCUT2D eigenvalue weighted by Gasteiger charge is 2.30. The third-order valence-electron chi connectivity index (χ3n) is 20.1. The van der Waals surface area contributed by atoms with Crippen molar-refractivity contribution in [3.05, 3.63) is 24.3 Å². The quantitative estimate of drug-likeness (QED) is 0.0169. The number of carbonyl (C=O) groups is 4. The molecule has 6 atom stereocenters. The summed E-state index contributed by atoms with van der Waals surface area (Å²) in [5.41, 5.74) is 0. The van der Waals surface area contributed by atoms with Crippen LogP contribution in [0.3, 0.4) is 0 Å². The fourth-order valence-electron chi connectivity index (χ4n) is 13.0. The molecule has 0 heterocycles. The van der Waals surface area contributed by atoms with Crippen molar-refractivity contribution in [2.24, 2.45) is 17.8 Å². The number of esters is 4. The first-order valence-corrected chi connectivity index (χ1v) is 47.2. The number of phosphoric acid groups is 2. The molecule has 0 bridgehead atoms. The number of hydrogen-bond donors (Lipinski definition) is 3. The molecule has 0 spiro atoms. The third kappa shape index (κ3) is 78.2. The van der Waals surface area contributed by atoms with Crippen molar-refractivity contribution < 1.29 is 80.2 Å². The van der Waals surface area contributed by atoms with E-state index in [0.29, 0.717) is 31.6 Å². The molecule has 4 unspecified atom stereocenters. The number of unbranched alkanes of at least 4 members (excludes halogenated alkanes) is 47. The first-order chi connectivity index (χ1) is 51.3. The molecular formula is C87H166O17P2. The highest BCUT2D eigenvalue weighted by molar-refractivity contribution is 7.47. The van der Waals surface area contributed by atoms with Gasteiger partial charge in [0, 0.05) is 25.7 Å². The zero-order valence-corrected chi connectivity index (χ0v) is 71.2. The molecule has 19 heteroatoms. The number of allylic oxidation sites excluding steroid dienone is 4. The monoisotopic (exact) mass is 1550 g/mol. The van der Waals surface area contributed by atoms with Crippen LogP contribution in [0.5, 0.6) is 0 Å². The van der Waals surface area contributed by atoms with Crippen LogP contribution < -0.4 is 0 Å². The zero-order valence-electron chi connectivity index (χ0n) is 69.4. The molecule has 0 saturated carbocycles. The van der Waals surface area contributed by atoms with E-state index >= 15 is 0 Å². The van der Waals surface area contributed by atoms with Crippen molar-refractivity contribution in [1.82, 2.24) is 0 Å². The summed E-state index contributed by atoms with van der Waals surface area (Å²) in [7, 11) is -9.94. The van der Waals surface area contributed by atoms with Crippen LogP contribution in [0.4, 0.5) is 0 Å². The SMILES string of the molecule is CCCCCC/C=C\C=C/CCCCCCCC(=O)O[C@H](COC(=O)CCCCCCCCCCCCCCCCCCCCC(C)CC)COP(=O)(O)OCC(O)COP(=O)(O)OC[C@@H](COC(=O)CCCCCCCCCC(C)C)OC(=O)CCCCCCCCCCCCCCCCCCC(C)C. The molecule has 0 rings (SSSR count). The van der Waals surface area contributed by atoms with Crippen LogP contribution >= 0.6 is 15.6 Å². The van der Waals surface area contributed by atoms with Gasteiger partial charge in [0.1, 0.15) is 19.3 Å². The Bertz CT molecular complexity index is 2140. The second kappa shape index (κ2) is 76.5. The summed E-state index contributed by atoms with van der Waals surface area (Å²) in [6, 6.07) is 0. The molecular weight excluding hydrogens is 1380 g/mol. The Morgan fingerprint density at radius 1 is 0.311 bits per heavy atom. The van der Waals surface area contributed by atoms with Gasteiger partial charge < -0.3 is 33.8 Å². The van der Waals surface area contributed by atoms with Gasteiger partial charge in [-0.1, -0.05) is 381 Å². The number of aliphatic hydroxyl groups excluding tert-OH is 1. The first-order valence-electron chi connectivity index (χ1n) is 44.2. The zero-order chi connectivity index (χ0) is 77.9. The molecule has 0 saturated heterocycles. The van der Waals surface area contributed by atoms with E-state index in [0.717, 1.165) is 121 Å². The van der Waals surface area contributed by atoms with E-state index in [1.165, 1.54) is 225 Å². The Labute approximate surface area is 650 Å². The lowest BCUT2D eigenvalue weighted by molar-refractivity contribution is -0.161. The molecule has 0 fully saturated rings. The largest absolute Gasteiger partial charge is 0.472 e. The summed E-state index contributed by atoms with van der Waals surface area (Å²) in [5, 5.41) is 10.7. The van der Waals surface area contributed by atoms with Crippen molar-refractivity contribution in [2.75, 3.05) is 39.6 Å². The molecule has 0 radical (unpaired) electrons. The fraction of sp³-hybridized carbons (Fsp3) is 0.908. The molecule has 626 valence electrons. The van der Waals surface area contributed by atoms with Crippen LogP contribution in [0.2, 0.25) is 0 Å². The Kier molecular flexibility index (Phi) is 74.7. The van der Waals surface area contributed by atoms with Gasteiger partial charge in [-0.3, -0.25) is 37.3 Å². The smallest absolute Gasteiger partial charge is 0.462 e. The molecule has 0 aliphatic heterocycles. The van der Waals surface area contributed by atoms with E-state index < -0.39 is 97.5 Å². The Morgan fingerprint density at radius 2 is 0.557 bits per heavy atom. The predicted molar refractivity (Wildman–Crippen MR) is 437 cm³/mol. The number of phosphoric ester groups is 2. The van der Waals surface area contributed by atoms with Crippen LogP contribution in [0, 0.1) is 17.8 Å². The van der Waals surface area contributed by atoms with E-state index in [1.807, 2.05) is 0 Å². The fourth-order valence-corrected chi connectivity index (χ4v) is 14.6. The number of hydrogen-bond acceptors (Lipinski definition) is 15. The molecule has 0 amide bonds. The maximum Gasteiger partial charge on any atom is 0.472 e. The number of aliphatic hydroxyl groups is 1. The van der Waals surface area contributed by atoms with Gasteiger partial charge in [0.2, 0.25) is 0 Å². The van der Waals surface area contributed by atoms with Crippen molar-refractivity contribution in [1.29, 1.82) is 0 Å². The summed E-state index contributed by atoms with van der Waals surface area (Å²) >= 11 is 0. The van der Waals surface area contributed by atoms with E-state index in [2.05, 4.69) is 72.8 Å². The van der Waals surface area contributed by atoms with E-state index in [-0.39, 0.29) is 25.7 Å². The van der Waals surface area contributed by atoms with E-state index in [1.54, 1.807) is 0 Å². The maximum atomic E-state index is 13.1. The Morgan fingerprint density at radius 3 is 0.840 bits per heavy atom. The van der Waals surface area contributed by atoms with Crippen LogP contribution in [-0.2, 0) is 65.4 Å². The van der Waals surface area contributed by atoms with Gasteiger partial charge in [-0.15, -0.1) is 0 Å². The van der Waals surface area contributed by atoms with Crippen LogP contribution in [0.25, 0.3) is 0 Å². The Hall–Kier alpha value is -2.46. The second-order valence-corrected chi connectivity index (χ2v) is 34.7. The van der Waals surface area contributed by atoms with Crippen LogP contribution in [0.15, 0.2) is 24.3 Å². The molecule has 0 aromatic rings. The highest BCUT2D eigenvalue weighted by Crippen LogP contribution is 2.45. The minimum atomic E-state index is -4.97. The van der Waals surface area contributed by atoms with Gasteiger partial charge in [0.25, 0.3) is 0 Å². The number of carbonyl (C=O) groups excluding carboxylic acids is 4. The lowest BCUT2D eigenvalue weighted by Gasteiger charge is -2.21. The van der Waals surface area contributed by atoms with Gasteiger partial charge in [0.15, 0.2) is 12.2 Å². The average Bonchev–Trinajstić information content (AvgIpc) is 0.902. The summed E-state index contributed by atoms with van der Waals surface area (Å²) in [4.78, 5) is 73.2. The molecule has 0 aliphatic rings. The van der Waals surface area contributed by atoms with E-state index in [9.17, 15) is 43.2 Å². The Balaban J connectivity index is 5.22. The molecule has 17 nitrogen and oxygen atoms in total. The van der Waals surface area contributed by atoms with Crippen molar-refractivity contribution >= 4 is 39.5 Å². The molecule has 106 heavy (non-hydrogen) atoms. The second-order valence-electron chi connectivity index (χ2n) is 31.8. The van der Waals surface area contributed by atoms with Crippen molar-refractivity contribution in [2.45, 2.75) is 452 Å². The third-order valence-corrected chi connectivity index (χ3v) is 22.0. The average molecular weight is 1550 g/mol. The molecule has 0 aliphatic carbocycles. The van der Waals surface area contributed by atoms with Gasteiger partial charge in [-0.25, -0.2) is 9.13 Å². The highest BCUT2D eigenvalue weighted by atomic mass is 31.2. The lowest BCUT2D eigenvalue weighted by Crippen LogP contribution is -2.30. The maximum absolute atomic E-state index is 13.1. The van der Waals surface area contributed by atoms with E-state index in [4.69, 9.17) is 37.0 Å². The van der Waals surface area contributed by atoms with Crippen molar-refractivity contribution in [3.63, 3.8) is 0 Å². The molecule has 0 aromatic carbocycles.